The van der Waals surface area contributed by atoms with E-state index in [4.69, 9.17) is 10.1 Å². The Morgan fingerprint density at radius 3 is 2.21 bits per heavy atom. The molecule has 0 radical (unpaired) electrons. The predicted octanol–water partition coefficient (Wildman–Crippen LogP) is 2.85. The summed E-state index contributed by atoms with van der Waals surface area (Å²) in [6, 6.07) is 0. The van der Waals surface area contributed by atoms with Gasteiger partial charge in [0, 0.05) is 26.2 Å². The van der Waals surface area contributed by atoms with Gasteiger partial charge in [-0.15, -0.1) is 0 Å². The molecule has 0 spiro atoms. The highest BCUT2D eigenvalue weighted by atomic mass is 16.3. The van der Waals surface area contributed by atoms with Crippen LogP contribution in [0.25, 0.3) is 0 Å². The first-order valence-corrected chi connectivity index (χ1v) is 10.1. The van der Waals surface area contributed by atoms with E-state index in [1.165, 1.54) is 25.9 Å². The minimum absolute atomic E-state index is 0.259. The zero-order valence-electron chi connectivity index (χ0n) is 16.6. The second kappa shape index (κ2) is 17.0. The van der Waals surface area contributed by atoms with Crippen LogP contribution in [0.5, 0.6) is 0 Å². The number of rotatable bonds is 15. The number of aliphatic hydroxyl groups is 1. The molecule has 0 saturated heterocycles. The number of aliphatic imine (C=N–C) groups is 1. The maximum Gasteiger partial charge on any atom is 0.191 e. The molecule has 0 aromatic carbocycles. The molecule has 0 bridgehead atoms. The van der Waals surface area contributed by atoms with E-state index in [2.05, 4.69) is 43.2 Å². The third kappa shape index (κ3) is 12.6. The van der Waals surface area contributed by atoms with Crippen LogP contribution in [0.4, 0.5) is 0 Å². The Bertz CT molecular complexity index is 285. The van der Waals surface area contributed by atoms with Crippen LogP contribution in [-0.2, 0) is 0 Å². The van der Waals surface area contributed by atoms with E-state index in [9.17, 15) is 0 Å². The standard InChI is InChI=1S/C19H42N4O/c1-5-10-18(11-16-24)17-22-19(20-8-4)21-12-9-15-23(13-6-2)14-7-3/h18,24H,5-17H2,1-4H3,(H2,20,21,22). The molecule has 0 saturated carbocycles. The second-order valence-electron chi connectivity index (χ2n) is 6.51. The summed E-state index contributed by atoms with van der Waals surface area (Å²) in [7, 11) is 0. The fraction of sp³-hybridized carbons (Fsp3) is 0.947. The van der Waals surface area contributed by atoms with Gasteiger partial charge in [-0.05, 0) is 64.6 Å². The molecule has 1 atom stereocenters. The number of aliphatic hydroxyl groups excluding tert-OH is 1. The van der Waals surface area contributed by atoms with Crippen LogP contribution < -0.4 is 10.6 Å². The minimum atomic E-state index is 0.259. The second-order valence-corrected chi connectivity index (χ2v) is 6.51. The number of nitrogens with one attached hydrogen (secondary N) is 2. The Labute approximate surface area is 150 Å². The van der Waals surface area contributed by atoms with Crippen LogP contribution in [0, 0.1) is 5.92 Å². The van der Waals surface area contributed by atoms with Gasteiger partial charge in [-0.25, -0.2) is 0 Å². The third-order valence-corrected chi connectivity index (χ3v) is 4.11. The van der Waals surface area contributed by atoms with Gasteiger partial charge >= 0.3 is 0 Å². The molecular weight excluding hydrogens is 300 g/mol. The Hall–Kier alpha value is -0.810. The molecule has 0 aromatic rings. The Morgan fingerprint density at radius 1 is 0.958 bits per heavy atom. The van der Waals surface area contributed by atoms with Crippen LogP contribution in [0.15, 0.2) is 4.99 Å². The Balaban J connectivity index is 4.23. The monoisotopic (exact) mass is 342 g/mol. The lowest BCUT2D eigenvalue weighted by atomic mass is 10.0. The fourth-order valence-corrected chi connectivity index (χ4v) is 2.96. The zero-order chi connectivity index (χ0) is 18.0. The quantitative estimate of drug-likeness (QED) is 0.243. The Morgan fingerprint density at radius 2 is 1.67 bits per heavy atom. The summed E-state index contributed by atoms with van der Waals surface area (Å²) in [6.45, 7) is 15.2. The highest BCUT2D eigenvalue weighted by Crippen LogP contribution is 2.10. The average Bonchev–Trinajstić information content (AvgIpc) is 2.56. The number of nitrogens with zero attached hydrogens (tertiary/aromatic N) is 2. The first kappa shape index (κ1) is 23.2. The van der Waals surface area contributed by atoms with Gasteiger partial charge < -0.3 is 20.6 Å². The topological polar surface area (TPSA) is 59.9 Å². The Kier molecular flexibility index (Phi) is 16.5. The molecule has 5 nitrogen and oxygen atoms in total. The highest BCUT2D eigenvalue weighted by Gasteiger charge is 2.07. The van der Waals surface area contributed by atoms with Gasteiger partial charge in [-0.3, -0.25) is 4.99 Å². The molecule has 0 amide bonds. The van der Waals surface area contributed by atoms with Crippen molar-refractivity contribution < 1.29 is 5.11 Å². The van der Waals surface area contributed by atoms with Gasteiger partial charge in [0.15, 0.2) is 5.96 Å². The first-order valence-electron chi connectivity index (χ1n) is 10.1. The molecule has 0 rings (SSSR count). The largest absolute Gasteiger partial charge is 0.396 e. The van der Waals surface area contributed by atoms with Crippen LogP contribution in [0.2, 0.25) is 0 Å². The van der Waals surface area contributed by atoms with Crippen LogP contribution in [-0.4, -0.2) is 61.8 Å². The van der Waals surface area contributed by atoms with Crippen molar-refractivity contribution in [2.24, 2.45) is 10.9 Å². The summed E-state index contributed by atoms with van der Waals surface area (Å²) in [5, 5.41) is 15.9. The predicted molar refractivity (Wildman–Crippen MR) is 106 cm³/mol. The summed E-state index contributed by atoms with van der Waals surface area (Å²) < 4.78 is 0. The summed E-state index contributed by atoms with van der Waals surface area (Å²) >= 11 is 0. The lowest BCUT2D eigenvalue weighted by Gasteiger charge is -2.21. The summed E-state index contributed by atoms with van der Waals surface area (Å²) in [5.74, 6) is 1.40. The van der Waals surface area contributed by atoms with Crippen LogP contribution >= 0.6 is 0 Å². The molecule has 144 valence electrons. The van der Waals surface area contributed by atoms with Gasteiger partial charge in [0.1, 0.15) is 0 Å². The lowest BCUT2D eigenvalue weighted by molar-refractivity contribution is 0.253. The molecule has 0 aliphatic rings. The molecule has 0 fully saturated rings. The summed E-state index contributed by atoms with van der Waals surface area (Å²) in [5.41, 5.74) is 0. The van der Waals surface area contributed by atoms with Crippen molar-refractivity contribution in [2.75, 3.05) is 45.9 Å². The molecule has 5 heteroatoms. The number of guanidine groups is 1. The van der Waals surface area contributed by atoms with E-state index < -0.39 is 0 Å². The van der Waals surface area contributed by atoms with Crippen molar-refractivity contribution in [3.63, 3.8) is 0 Å². The normalized spacial score (nSPS) is 13.3. The molecular formula is C19H42N4O. The first-order chi connectivity index (χ1) is 11.7. The van der Waals surface area contributed by atoms with Crippen molar-refractivity contribution in [3.8, 4) is 0 Å². The SMILES string of the molecule is CCCC(CCO)CN=C(NCC)NCCCN(CCC)CCC. The molecule has 0 aliphatic carbocycles. The molecule has 0 aromatic heterocycles. The van der Waals surface area contributed by atoms with Gasteiger partial charge in [-0.2, -0.15) is 0 Å². The number of hydrogen-bond donors (Lipinski definition) is 3. The highest BCUT2D eigenvalue weighted by molar-refractivity contribution is 5.79. The maximum absolute atomic E-state index is 9.16. The molecule has 3 N–H and O–H groups in total. The maximum atomic E-state index is 9.16. The lowest BCUT2D eigenvalue weighted by Crippen LogP contribution is -2.39. The van der Waals surface area contributed by atoms with Gasteiger partial charge in [0.05, 0.1) is 0 Å². The van der Waals surface area contributed by atoms with Crippen LogP contribution in [0.1, 0.15) is 66.2 Å². The van der Waals surface area contributed by atoms with Gasteiger partial charge in [0.25, 0.3) is 0 Å². The van der Waals surface area contributed by atoms with E-state index >= 15 is 0 Å². The van der Waals surface area contributed by atoms with Crippen molar-refractivity contribution in [1.29, 1.82) is 0 Å². The third-order valence-electron chi connectivity index (χ3n) is 4.11. The van der Waals surface area contributed by atoms with Crippen molar-refractivity contribution in [3.05, 3.63) is 0 Å². The minimum Gasteiger partial charge on any atom is -0.396 e. The fourth-order valence-electron chi connectivity index (χ4n) is 2.96. The summed E-state index contributed by atoms with van der Waals surface area (Å²) in [4.78, 5) is 7.26. The summed E-state index contributed by atoms with van der Waals surface area (Å²) in [6.07, 6.45) is 6.71. The molecule has 24 heavy (non-hydrogen) atoms. The van der Waals surface area contributed by atoms with Gasteiger partial charge in [0.2, 0.25) is 0 Å². The van der Waals surface area contributed by atoms with E-state index in [-0.39, 0.29) is 6.61 Å². The van der Waals surface area contributed by atoms with Crippen molar-refractivity contribution in [1.82, 2.24) is 15.5 Å². The van der Waals surface area contributed by atoms with E-state index in [1.807, 2.05) is 0 Å². The van der Waals surface area contributed by atoms with E-state index in [0.29, 0.717) is 5.92 Å². The average molecular weight is 343 g/mol. The van der Waals surface area contributed by atoms with Gasteiger partial charge in [-0.1, -0.05) is 27.2 Å². The van der Waals surface area contributed by atoms with E-state index in [1.54, 1.807) is 0 Å². The van der Waals surface area contributed by atoms with E-state index in [0.717, 1.165) is 57.8 Å². The number of hydrogen-bond acceptors (Lipinski definition) is 3. The molecule has 0 heterocycles. The zero-order valence-corrected chi connectivity index (χ0v) is 16.6. The molecule has 1 unspecified atom stereocenters. The van der Waals surface area contributed by atoms with Crippen molar-refractivity contribution in [2.45, 2.75) is 66.2 Å². The van der Waals surface area contributed by atoms with Crippen molar-refractivity contribution >= 4 is 5.96 Å². The smallest absolute Gasteiger partial charge is 0.191 e. The van der Waals surface area contributed by atoms with Crippen LogP contribution in [0.3, 0.4) is 0 Å². The molecule has 0 aliphatic heterocycles.